The Kier molecular flexibility index (Phi) is 6.87. The molecule has 11 heteroatoms. The number of thiophene rings is 1. The Hall–Kier alpha value is -3.34. The van der Waals surface area contributed by atoms with E-state index < -0.39 is 41.6 Å². The fourth-order valence-corrected chi connectivity index (χ4v) is 3.93. The van der Waals surface area contributed by atoms with Gasteiger partial charge in [-0.05, 0) is 43.0 Å². The molecule has 2 aromatic rings. The molecule has 1 atom stereocenters. The molecule has 0 radical (unpaired) electrons. The summed E-state index contributed by atoms with van der Waals surface area (Å²) >= 11 is 1.49. The van der Waals surface area contributed by atoms with Crippen LogP contribution in [0.1, 0.15) is 24.3 Å². The van der Waals surface area contributed by atoms with Crippen LogP contribution in [0.4, 0.5) is 13.6 Å². The lowest BCUT2D eigenvalue weighted by Gasteiger charge is -2.24. The number of likely N-dealkylation sites (N-methyl/N-ethyl adjacent to an activating group) is 1. The van der Waals surface area contributed by atoms with Crippen LogP contribution in [0.5, 0.6) is 0 Å². The van der Waals surface area contributed by atoms with E-state index in [4.69, 9.17) is 0 Å². The van der Waals surface area contributed by atoms with Crippen LogP contribution in [0, 0.1) is 11.6 Å². The zero-order valence-electron chi connectivity index (χ0n) is 17.5. The highest BCUT2D eigenvalue weighted by Gasteiger charge is 2.50. The Morgan fingerprint density at radius 2 is 1.97 bits per heavy atom. The monoisotopic (exact) mass is 464 g/mol. The fraction of sp³-hybridized carbons (Fsp3) is 0.333. The Labute approximate surface area is 187 Å². The molecule has 1 aromatic carbocycles. The molecule has 0 spiro atoms. The van der Waals surface area contributed by atoms with E-state index >= 15 is 0 Å². The predicted octanol–water partition coefficient (Wildman–Crippen LogP) is 1.96. The number of hydrogen-bond acceptors (Lipinski definition) is 5. The van der Waals surface area contributed by atoms with Crippen molar-refractivity contribution in [3.05, 3.63) is 57.8 Å². The first-order chi connectivity index (χ1) is 15.2. The summed E-state index contributed by atoms with van der Waals surface area (Å²) in [6, 6.07) is 5.77. The van der Waals surface area contributed by atoms with Gasteiger partial charge in [0.1, 0.15) is 12.1 Å². The number of rotatable bonds is 8. The minimum atomic E-state index is -1.65. The van der Waals surface area contributed by atoms with Crippen LogP contribution in [0.15, 0.2) is 35.7 Å². The van der Waals surface area contributed by atoms with Gasteiger partial charge in [-0.15, -0.1) is 11.3 Å². The topological polar surface area (TPSA) is 98.8 Å². The van der Waals surface area contributed by atoms with Crippen LogP contribution in [0.2, 0.25) is 0 Å². The van der Waals surface area contributed by atoms with Gasteiger partial charge < -0.3 is 15.5 Å². The molecule has 32 heavy (non-hydrogen) atoms. The number of halogens is 2. The maximum atomic E-state index is 13.6. The molecule has 1 fully saturated rings. The number of nitrogens with zero attached hydrogens (tertiary/aromatic N) is 2. The first-order valence-corrected chi connectivity index (χ1v) is 10.7. The number of urea groups is 1. The predicted molar refractivity (Wildman–Crippen MR) is 112 cm³/mol. The van der Waals surface area contributed by atoms with E-state index in [0.29, 0.717) is 11.4 Å². The van der Waals surface area contributed by atoms with Gasteiger partial charge in [0.15, 0.2) is 11.6 Å². The van der Waals surface area contributed by atoms with E-state index in [1.807, 2.05) is 17.5 Å². The van der Waals surface area contributed by atoms with Crippen molar-refractivity contribution in [1.82, 2.24) is 20.4 Å². The molecule has 8 nitrogen and oxygen atoms in total. The molecule has 1 saturated heterocycles. The number of imide groups is 1. The van der Waals surface area contributed by atoms with Gasteiger partial charge in [-0.25, -0.2) is 13.6 Å². The molecule has 0 aliphatic carbocycles. The van der Waals surface area contributed by atoms with E-state index in [2.05, 4.69) is 10.6 Å². The van der Waals surface area contributed by atoms with Crippen LogP contribution in [0.25, 0.3) is 0 Å². The van der Waals surface area contributed by atoms with Crippen molar-refractivity contribution in [1.29, 1.82) is 0 Å². The van der Waals surface area contributed by atoms with Crippen molar-refractivity contribution >= 4 is 35.1 Å². The normalized spacial score (nSPS) is 17.9. The van der Waals surface area contributed by atoms with Gasteiger partial charge in [0.05, 0.1) is 13.1 Å². The quantitative estimate of drug-likeness (QED) is 0.584. The minimum Gasteiger partial charge on any atom is -0.350 e. The van der Waals surface area contributed by atoms with E-state index in [1.165, 1.54) is 29.2 Å². The lowest BCUT2D eigenvalue weighted by molar-refractivity contribution is -0.140. The molecule has 2 N–H and O–H groups in total. The second kappa shape index (κ2) is 9.43. The van der Waals surface area contributed by atoms with E-state index in [1.54, 1.807) is 6.92 Å². The van der Waals surface area contributed by atoms with Gasteiger partial charge in [0.25, 0.3) is 5.91 Å². The standard InChI is InChI=1S/C21H22F2N4O4S/c1-3-26(11-17(28)24-10-14-5-4-8-32-14)18(29)12-27-19(30)21(2,25-20(27)31)13-6-7-15(22)16(23)9-13/h4-9H,3,10-12H2,1-2H3,(H,24,28)(H,25,31). The summed E-state index contributed by atoms with van der Waals surface area (Å²) in [5.41, 5.74) is -1.61. The zero-order valence-corrected chi connectivity index (χ0v) is 18.3. The van der Waals surface area contributed by atoms with Crippen molar-refractivity contribution in [2.45, 2.75) is 25.9 Å². The Morgan fingerprint density at radius 1 is 1.22 bits per heavy atom. The van der Waals surface area contributed by atoms with Gasteiger partial charge >= 0.3 is 6.03 Å². The maximum absolute atomic E-state index is 13.6. The summed E-state index contributed by atoms with van der Waals surface area (Å²) in [4.78, 5) is 53.1. The second-order valence-electron chi connectivity index (χ2n) is 7.34. The van der Waals surface area contributed by atoms with E-state index in [9.17, 15) is 28.0 Å². The molecule has 0 saturated carbocycles. The SMILES string of the molecule is CCN(CC(=O)NCc1cccs1)C(=O)CN1C(=O)NC(C)(c2ccc(F)c(F)c2)C1=O. The van der Waals surface area contributed by atoms with Crippen molar-refractivity contribution in [3.63, 3.8) is 0 Å². The number of amides is 5. The number of hydrogen-bond donors (Lipinski definition) is 2. The molecular weight excluding hydrogens is 442 g/mol. The summed E-state index contributed by atoms with van der Waals surface area (Å²) in [5.74, 6) is -4.00. The first-order valence-electron chi connectivity index (χ1n) is 9.82. The van der Waals surface area contributed by atoms with Gasteiger partial charge in [-0.2, -0.15) is 0 Å². The largest absolute Gasteiger partial charge is 0.350 e. The third kappa shape index (κ3) is 4.77. The summed E-state index contributed by atoms with van der Waals surface area (Å²) in [6.45, 7) is 2.72. The van der Waals surface area contributed by atoms with Crippen LogP contribution in [0.3, 0.4) is 0 Å². The molecule has 1 unspecified atom stereocenters. The van der Waals surface area contributed by atoms with Crippen LogP contribution >= 0.6 is 11.3 Å². The molecule has 5 amide bonds. The number of carbonyl (C=O) groups is 4. The Balaban J connectivity index is 1.65. The Morgan fingerprint density at radius 3 is 2.59 bits per heavy atom. The molecule has 1 aliphatic rings. The maximum Gasteiger partial charge on any atom is 0.325 e. The molecular formula is C21H22F2N4O4S. The van der Waals surface area contributed by atoms with Crippen molar-refractivity contribution in [2.24, 2.45) is 0 Å². The summed E-state index contributed by atoms with van der Waals surface area (Å²) in [5, 5.41) is 7.03. The molecule has 3 rings (SSSR count). The number of carbonyl (C=O) groups excluding carboxylic acids is 4. The summed E-state index contributed by atoms with van der Waals surface area (Å²) in [6.07, 6.45) is 0. The highest BCUT2D eigenvalue weighted by atomic mass is 32.1. The highest BCUT2D eigenvalue weighted by molar-refractivity contribution is 7.09. The van der Waals surface area contributed by atoms with E-state index in [0.717, 1.165) is 17.0 Å². The average molecular weight is 464 g/mol. The van der Waals surface area contributed by atoms with Crippen molar-refractivity contribution in [2.75, 3.05) is 19.6 Å². The van der Waals surface area contributed by atoms with Crippen LogP contribution in [-0.4, -0.2) is 53.2 Å². The molecule has 1 aliphatic heterocycles. The molecule has 0 bridgehead atoms. The first kappa shape index (κ1) is 23.3. The third-order valence-corrected chi connectivity index (χ3v) is 6.05. The highest BCUT2D eigenvalue weighted by Crippen LogP contribution is 2.29. The van der Waals surface area contributed by atoms with Gasteiger partial charge in [0.2, 0.25) is 11.8 Å². The van der Waals surface area contributed by atoms with E-state index in [-0.39, 0.29) is 24.6 Å². The van der Waals surface area contributed by atoms with Gasteiger partial charge in [0, 0.05) is 11.4 Å². The number of nitrogens with one attached hydrogen (secondary N) is 2. The molecule has 2 heterocycles. The lowest BCUT2D eigenvalue weighted by Crippen LogP contribution is -2.47. The third-order valence-electron chi connectivity index (χ3n) is 5.17. The van der Waals surface area contributed by atoms with Crippen molar-refractivity contribution in [3.8, 4) is 0 Å². The molecule has 1 aromatic heterocycles. The van der Waals surface area contributed by atoms with Crippen LogP contribution in [-0.2, 0) is 26.5 Å². The Bertz CT molecular complexity index is 1050. The van der Waals surface area contributed by atoms with Crippen molar-refractivity contribution < 1.29 is 28.0 Å². The second-order valence-corrected chi connectivity index (χ2v) is 8.37. The number of benzene rings is 1. The molecule has 170 valence electrons. The summed E-state index contributed by atoms with van der Waals surface area (Å²) in [7, 11) is 0. The lowest BCUT2D eigenvalue weighted by atomic mass is 9.92. The zero-order chi connectivity index (χ0) is 23.5. The average Bonchev–Trinajstić information content (AvgIpc) is 3.35. The minimum absolute atomic E-state index is 0.0463. The van der Waals surface area contributed by atoms with Gasteiger partial charge in [-0.3, -0.25) is 19.3 Å². The smallest absolute Gasteiger partial charge is 0.325 e. The summed E-state index contributed by atoms with van der Waals surface area (Å²) < 4.78 is 26.9. The fourth-order valence-electron chi connectivity index (χ4n) is 3.28. The van der Waals surface area contributed by atoms with Gasteiger partial charge in [-0.1, -0.05) is 12.1 Å². The van der Waals surface area contributed by atoms with Crippen LogP contribution < -0.4 is 10.6 Å².